The highest BCUT2D eigenvalue weighted by molar-refractivity contribution is 7.92. The Bertz CT molecular complexity index is 822. The van der Waals surface area contributed by atoms with Crippen molar-refractivity contribution >= 4 is 47.0 Å². The Morgan fingerprint density at radius 1 is 1.17 bits per heavy atom. The van der Waals surface area contributed by atoms with E-state index in [9.17, 15) is 5.11 Å². The number of aliphatic hydroxyl groups is 1. The number of ether oxygens (including phenoxy) is 2. The zero-order chi connectivity index (χ0) is 21.7. The zero-order valence-electron chi connectivity index (χ0n) is 16.7. The van der Waals surface area contributed by atoms with E-state index < -0.39 is 6.10 Å². The Morgan fingerprint density at radius 3 is 2.40 bits per heavy atom. The van der Waals surface area contributed by atoms with E-state index in [2.05, 4.69) is 18.6 Å². The normalized spacial score (nSPS) is 17.7. The average Bonchev–Trinajstić information content (AvgIpc) is 3.25. The molecule has 5 nitrogen and oxygen atoms in total. The van der Waals surface area contributed by atoms with Crippen LogP contribution in [0.25, 0.3) is 0 Å². The van der Waals surface area contributed by atoms with Crippen molar-refractivity contribution < 1.29 is 18.8 Å². The first kappa shape index (κ1) is 23.8. The summed E-state index contributed by atoms with van der Waals surface area (Å²) in [5, 5.41) is 10.4. The van der Waals surface area contributed by atoms with Gasteiger partial charge >= 0.3 is 0 Å². The fourth-order valence-electron chi connectivity index (χ4n) is 2.96. The van der Waals surface area contributed by atoms with Gasteiger partial charge in [-0.25, -0.2) is 4.72 Å². The molecule has 0 aliphatic carbocycles. The molecule has 0 radical (unpaired) electrons. The van der Waals surface area contributed by atoms with Gasteiger partial charge in [-0.3, -0.25) is 4.18 Å². The van der Waals surface area contributed by atoms with Gasteiger partial charge in [0.05, 0.1) is 28.2 Å². The zero-order valence-corrected chi connectivity index (χ0v) is 19.7. The van der Waals surface area contributed by atoms with Crippen LogP contribution in [-0.2, 0) is 9.60 Å². The van der Waals surface area contributed by atoms with Crippen molar-refractivity contribution in [3.63, 3.8) is 0 Å². The van der Waals surface area contributed by atoms with Crippen LogP contribution in [0.2, 0.25) is 10.0 Å². The Morgan fingerprint density at radius 2 is 1.83 bits per heavy atom. The van der Waals surface area contributed by atoms with Crippen molar-refractivity contribution in [3.8, 4) is 11.5 Å². The summed E-state index contributed by atoms with van der Waals surface area (Å²) in [5.74, 6) is 1.20. The van der Waals surface area contributed by atoms with Crippen LogP contribution >= 0.6 is 47.0 Å². The Kier molecular flexibility index (Phi) is 8.44. The van der Waals surface area contributed by atoms with Crippen molar-refractivity contribution in [2.75, 3.05) is 25.6 Å². The van der Waals surface area contributed by atoms with Crippen molar-refractivity contribution in [1.82, 2.24) is 4.72 Å². The Balaban J connectivity index is 1.72. The van der Waals surface area contributed by atoms with E-state index in [1.807, 2.05) is 36.4 Å². The first-order chi connectivity index (χ1) is 14.3. The average molecular weight is 493 g/mol. The number of rotatable bonds is 9. The van der Waals surface area contributed by atoms with Gasteiger partial charge in [0.2, 0.25) is 0 Å². The van der Waals surface area contributed by atoms with Gasteiger partial charge in [-0.15, -0.1) is 11.6 Å². The highest BCUT2D eigenvalue weighted by Gasteiger charge is 2.26. The van der Waals surface area contributed by atoms with E-state index >= 15 is 0 Å². The molecule has 9 heteroatoms. The van der Waals surface area contributed by atoms with Crippen LogP contribution in [0.4, 0.5) is 0 Å². The van der Waals surface area contributed by atoms with Gasteiger partial charge in [-0.1, -0.05) is 49.2 Å². The topological polar surface area (TPSA) is 60.0 Å². The van der Waals surface area contributed by atoms with Crippen LogP contribution in [0.3, 0.4) is 0 Å². The number of aliphatic hydroxyl groups excluding tert-OH is 1. The minimum atomic E-state index is -0.786. The second kappa shape index (κ2) is 10.6. The quantitative estimate of drug-likeness (QED) is 0.284. The largest absolute Gasteiger partial charge is 0.491 e. The molecular formula is C21H24Cl3NO4S. The molecule has 1 fully saturated rings. The molecule has 2 aromatic rings. The Labute approximate surface area is 196 Å². The van der Waals surface area contributed by atoms with Crippen molar-refractivity contribution in [2.24, 2.45) is 0 Å². The van der Waals surface area contributed by atoms with Gasteiger partial charge in [0, 0.05) is 12.0 Å². The molecule has 1 aliphatic rings. The summed E-state index contributed by atoms with van der Waals surface area (Å²) < 4.78 is 19.8. The maximum atomic E-state index is 9.59. The smallest absolute Gasteiger partial charge is 0.156 e. The van der Waals surface area contributed by atoms with Crippen LogP contribution < -0.4 is 14.2 Å². The van der Waals surface area contributed by atoms with Gasteiger partial charge in [0.1, 0.15) is 31.2 Å². The molecule has 0 amide bonds. The van der Waals surface area contributed by atoms with E-state index in [1.165, 1.54) is 12.2 Å². The predicted octanol–water partition coefficient (Wildman–Crippen LogP) is 5.23. The molecule has 0 aromatic heterocycles. The summed E-state index contributed by atoms with van der Waals surface area (Å²) in [4.78, 5) is 0. The molecule has 0 saturated carbocycles. The van der Waals surface area contributed by atoms with E-state index in [-0.39, 0.29) is 24.0 Å². The van der Waals surface area contributed by atoms with E-state index in [0.29, 0.717) is 22.4 Å². The molecule has 2 atom stereocenters. The summed E-state index contributed by atoms with van der Waals surface area (Å²) in [7, 11) is 0. The number of hydrogen-bond donors (Lipinski definition) is 2. The first-order valence-electron chi connectivity index (χ1n) is 9.46. The lowest BCUT2D eigenvalue weighted by Gasteiger charge is -2.27. The minimum Gasteiger partial charge on any atom is -0.491 e. The fourth-order valence-corrected chi connectivity index (χ4v) is 4.22. The fraction of sp³-hybridized carbons (Fsp3) is 0.429. The lowest BCUT2D eigenvalue weighted by atomic mass is 9.78. The van der Waals surface area contributed by atoms with E-state index in [1.54, 1.807) is 0 Å². The molecule has 164 valence electrons. The van der Waals surface area contributed by atoms with Gasteiger partial charge in [0.15, 0.2) is 5.75 Å². The Hall–Kier alpha value is -0.860. The number of benzene rings is 2. The maximum absolute atomic E-state index is 9.59. The van der Waals surface area contributed by atoms with E-state index in [4.69, 9.17) is 48.5 Å². The number of alkyl halides is 1. The molecule has 30 heavy (non-hydrogen) atoms. The van der Waals surface area contributed by atoms with Crippen molar-refractivity contribution in [1.29, 1.82) is 0 Å². The van der Waals surface area contributed by atoms with Crippen LogP contribution in [-0.4, -0.2) is 43.0 Å². The third kappa shape index (κ3) is 5.88. The van der Waals surface area contributed by atoms with Crippen LogP contribution in [0, 0.1) is 0 Å². The van der Waals surface area contributed by atoms with E-state index in [0.717, 1.165) is 23.4 Å². The summed E-state index contributed by atoms with van der Waals surface area (Å²) in [6.45, 7) is 5.47. The molecule has 2 unspecified atom stereocenters. The maximum Gasteiger partial charge on any atom is 0.156 e. The summed E-state index contributed by atoms with van der Waals surface area (Å²) in [6.07, 6.45) is -0.743. The monoisotopic (exact) mass is 491 g/mol. The lowest BCUT2D eigenvalue weighted by Crippen LogP contribution is -2.22. The highest BCUT2D eigenvalue weighted by atomic mass is 35.5. The van der Waals surface area contributed by atoms with Crippen molar-refractivity contribution in [2.45, 2.75) is 31.5 Å². The molecule has 1 aliphatic heterocycles. The molecule has 2 N–H and O–H groups in total. The van der Waals surface area contributed by atoms with Crippen LogP contribution in [0.5, 0.6) is 11.5 Å². The summed E-state index contributed by atoms with van der Waals surface area (Å²) in [5.41, 5.74) is 1.68. The number of halogens is 3. The number of hydrogen-bond acceptors (Lipinski definition) is 6. The second-order valence-electron chi connectivity index (χ2n) is 7.50. The van der Waals surface area contributed by atoms with Crippen LogP contribution in [0.1, 0.15) is 25.0 Å². The third-order valence-corrected chi connectivity index (χ3v) is 6.45. The first-order valence-corrected chi connectivity index (χ1v) is 11.5. The molecule has 2 aromatic carbocycles. The molecule has 1 saturated heterocycles. The second-order valence-corrected chi connectivity index (χ2v) is 9.27. The van der Waals surface area contributed by atoms with Gasteiger partial charge in [-0.2, -0.15) is 0 Å². The minimum absolute atomic E-state index is 0.0216. The van der Waals surface area contributed by atoms with Gasteiger partial charge in [-0.05, 0) is 35.4 Å². The standard InChI is InChI=1S/C21H24Cl3NO4S/c1-21(2,13-3-5-16(6-4-13)27-12-17-10-25-30-29-17)14-7-18(23)20(19(24)8-14)28-11-15(26)9-22/h3-8,15,17,25-26H,9-12H2,1-2H3. The molecule has 0 spiro atoms. The molecule has 1 heterocycles. The summed E-state index contributed by atoms with van der Waals surface area (Å²) >= 11 is 19.7. The lowest BCUT2D eigenvalue weighted by molar-refractivity contribution is 0.125. The molecule has 3 rings (SSSR count). The molecule has 0 bridgehead atoms. The highest BCUT2D eigenvalue weighted by Crippen LogP contribution is 2.40. The van der Waals surface area contributed by atoms with Crippen molar-refractivity contribution in [3.05, 3.63) is 57.6 Å². The van der Waals surface area contributed by atoms with Gasteiger partial charge < -0.3 is 14.6 Å². The SMILES string of the molecule is CC(C)(c1ccc(OCC2CNSO2)cc1)c1cc(Cl)c(OCC(O)CCl)c(Cl)c1. The predicted molar refractivity (Wildman–Crippen MR) is 123 cm³/mol. The van der Waals surface area contributed by atoms with Gasteiger partial charge in [0.25, 0.3) is 0 Å². The summed E-state index contributed by atoms with van der Waals surface area (Å²) in [6, 6.07) is 11.6. The molecular weight excluding hydrogens is 469 g/mol. The van der Waals surface area contributed by atoms with Crippen LogP contribution in [0.15, 0.2) is 36.4 Å². The number of nitrogens with one attached hydrogen (secondary N) is 1. The third-order valence-electron chi connectivity index (χ3n) is 4.88.